The molecule has 1 aliphatic heterocycles. The predicted octanol–water partition coefficient (Wildman–Crippen LogP) is 1.95. The largest absolute Gasteiger partial charge is 0.326 e. The smallest absolute Gasteiger partial charge is 0.151 e. The van der Waals surface area contributed by atoms with Crippen LogP contribution >= 0.6 is 11.3 Å². The molecule has 0 radical (unpaired) electrons. The lowest BCUT2D eigenvalue weighted by Crippen LogP contribution is -2.44. The maximum atomic E-state index is 11.7. The summed E-state index contributed by atoms with van der Waals surface area (Å²) in [6.45, 7) is 4.17. The Morgan fingerprint density at radius 2 is 2.20 bits per heavy atom. The molecule has 3 unspecified atom stereocenters. The Morgan fingerprint density at radius 1 is 1.50 bits per heavy atom. The molecule has 3 atom stereocenters. The third-order valence-corrected chi connectivity index (χ3v) is 6.97. The van der Waals surface area contributed by atoms with Gasteiger partial charge in [-0.3, -0.25) is 4.90 Å². The standard InChI is InChI=1S/C14H24N2O2S2/c1-4-12(15)14(13-6-5-10(2)19-13)16(3)11-7-8-20(17,18)9-11/h5-6,11-12,14H,4,7-9,15H2,1-3H3. The number of nitrogens with zero attached hydrogens (tertiary/aromatic N) is 1. The molecule has 0 spiro atoms. The van der Waals surface area contributed by atoms with Gasteiger partial charge in [0.1, 0.15) is 0 Å². The number of sulfone groups is 1. The summed E-state index contributed by atoms with van der Waals surface area (Å²) in [4.78, 5) is 4.69. The molecule has 0 aliphatic carbocycles. The summed E-state index contributed by atoms with van der Waals surface area (Å²) in [5.41, 5.74) is 6.31. The van der Waals surface area contributed by atoms with Gasteiger partial charge in [-0.05, 0) is 38.9 Å². The fraction of sp³-hybridized carbons (Fsp3) is 0.714. The maximum Gasteiger partial charge on any atom is 0.151 e. The lowest BCUT2D eigenvalue weighted by Gasteiger charge is -2.35. The minimum Gasteiger partial charge on any atom is -0.326 e. The van der Waals surface area contributed by atoms with E-state index in [-0.39, 0.29) is 23.9 Å². The number of hydrogen-bond acceptors (Lipinski definition) is 5. The number of thiophene rings is 1. The van der Waals surface area contributed by atoms with Crippen molar-refractivity contribution in [1.29, 1.82) is 0 Å². The van der Waals surface area contributed by atoms with Gasteiger partial charge in [-0.1, -0.05) is 6.92 Å². The summed E-state index contributed by atoms with van der Waals surface area (Å²) in [5.74, 6) is 0.570. The topological polar surface area (TPSA) is 63.4 Å². The van der Waals surface area contributed by atoms with Crippen molar-refractivity contribution >= 4 is 21.2 Å². The highest BCUT2D eigenvalue weighted by Gasteiger charge is 2.36. The zero-order valence-electron chi connectivity index (χ0n) is 12.4. The Morgan fingerprint density at radius 3 is 2.65 bits per heavy atom. The number of likely N-dealkylation sites (N-methyl/N-ethyl adjacent to an activating group) is 1. The Bertz CT molecular complexity index is 553. The predicted molar refractivity (Wildman–Crippen MR) is 84.9 cm³/mol. The van der Waals surface area contributed by atoms with Gasteiger partial charge in [-0.15, -0.1) is 11.3 Å². The van der Waals surface area contributed by atoms with Gasteiger partial charge in [0.2, 0.25) is 0 Å². The van der Waals surface area contributed by atoms with E-state index in [1.54, 1.807) is 11.3 Å². The maximum absolute atomic E-state index is 11.7. The van der Waals surface area contributed by atoms with Crippen LogP contribution in [0.3, 0.4) is 0 Å². The Hall–Kier alpha value is -0.430. The molecule has 1 aliphatic rings. The molecule has 6 heteroatoms. The molecular weight excluding hydrogens is 292 g/mol. The second-order valence-corrected chi connectivity index (χ2v) is 9.24. The highest BCUT2D eigenvalue weighted by Crippen LogP contribution is 2.33. The van der Waals surface area contributed by atoms with Crippen molar-refractivity contribution in [3.63, 3.8) is 0 Å². The molecule has 1 fully saturated rings. The summed E-state index contributed by atoms with van der Waals surface area (Å²) < 4.78 is 23.4. The number of nitrogens with two attached hydrogens (primary N) is 1. The van der Waals surface area contributed by atoms with Gasteiger partial charge in [0.15, 0.2) is 9.84 Å². The second kappa shape index (κ2) is 6.13. The first-order valence-corrected chi connectivity index (χ1v) is 9.72. The molecule has 0 amide bonds. The summed E-state index contributed by atoms with van der Waals surface area (Å²) in [6.07, 6.45) is 1.60. The highest BCUT2D eigenvalue weighted by molar-refractivity contribution is 7.91. The molecule has 2 rings (SSSR count). The minimum absolute atomic E-state index is 0.0290. The first kappa shape index (κ1) is 15.9. The van der Waals surface area contributed by atoms with E-state index < -0.39 is 9.84 Å². The van der Waals surface area contributed by atoms with Crippen LogP contribution in [0.5, 0.6) is 0 Å². The van der Waals surface area contributed by atoms with Gasteiger partial charge in [-0.25, -0.2) is 8.42 Å². The third kappa shape index (κ3) is 3.42. The summed E-state index contributed by atoms with van der Waals surface area (Å²) in [5, 5.41) is 0. The molecule has 20 heavy (non-hydrogen) atoms. The number of rotatable bonds is 5. The zero-order chi connectivity index (χ0) is 14.9. The lowest BCUT2D eigenvalue weighted by atomic mass is 10.0. The number of aryl methyl sites for hydroxylation is 1. The van der Waals surface area contributed by atoms with Crippen LogP contribution in [0.25, 0.3) is 0 Å². The van der Waals surface area contributed by atoms with Crippen molar-refractivity contribution in [2.45, 2.75) is 44.8 Å². The third-order valence-electron chi connectivity index (χ3n) is 4.15. The van der Waals surface area contributed by atoms with Crippen LogP contribution in [-0.4, -0.2) is 44.0 Å². The van der Waals surface area contributed by atoms with E-state index in [2.05, 4.69) is 30.9 Å². The normalized spacial score (nSPS) is 24.9. The van der Waals surface area contributed by atoms with E-state index in [4.69, 9.17) is 5.73 Å². The van der Waals surface area contributed by atoms with E-state index in [0.29, 0.717) is 5.75 Å². The highest BCUT2D eigenvalue weighted by atomic mass is 32.2. The van der Waals surface area contributed by atoms with E-state index >= 15 is 0 Å². The average Bonchev–Trinajstić information content (AvgIpc) is 2.95. The summed E-state index contributed by atoms with van der Waals surface area (Å²) in [6, 6.07) is 4.46. The molecule has 1 saturated heterocycles. The molecule has 0 aromatic carbocycles. The van der Waals surface area contributed by atoms with Gasteiger partial charge < -0.3 is 5.73 Å². The fourth-order valence-electron chi connectivity index (χ4n) is 2.87. The van der Waals surface area contributed by atoms with Crippen molar-refractivity contribution in [3.8, 4) is 0 Å². The van der Waals surface area contributed by atoms with Crippen LogP contribution in [0.1, 0.15) is 35.6 Å². The molecule has 2 heterocycles. The van der Waals surface area contributed by atoms with Crippen LogP contribution in [0.2, 0.25) is 0 Å². The first-order chi connectivity index (χ1) is 9.34. The molecule has 1 aromatic rings. The molecule has 114 valence electrons. The molecule has 1 aromatic heterocycles. The summed E-state index contributed by atoms with van der Waals surface area (Å²) >= 11 is 1.76. The van der Waals surface area contributed by atoms with Crippen LogP contribution in [0.15, 0.2) is 12.1 Å². The van der Waals surface area contributed by atoms with Crippen molar-refractivity contribution in [2.24, 2.45) is 5.73 Å². The monoisotopic (exact) mass is 316 g/mol. The quantitative estimate of drug-likeness (QED) is 0.902. The van der Waals surface area contributed by atoms with Crippen molar-refractivity contribution in [3.05, 3.63) is 21.9 Å². The Balaban J connectivity index is 2.23. The number of hydrogen-bond donors (Lipinski definition) is 1. The molecule has 0 saturated carbocycles. The molecule has 4 nitrogen and oxygen atoms in total. The van der Waals surface area contributed by atoms with Gasteiger partial charge in [-0.2, -0.15) is 0 Å². The average molecular weight is 316 g/mol. The van der Waals surface area contributed by atoms with Crippen LogP contribution in [0, 0.1) is 6.92 Å². The van der Waals surface area contributed by atoms with Crippen LogP contribution in [0.4, 0.5) is 0 Å². The zero-order valence-corrected chi connectivity index (χ0v) is 14.0. The fourth-order valence-corrected chi connectivity index (χ4v) is 5.76. The molecular formula is C14H24N2O2S2. The summed E-state index contributed by atoms with van der Waals surface area (Å²) in [7, 11) is -0.848. The van der Waals surface area contributed by atoms with Gasteiger partial charge >= 0.3 is 0 Å². The Labute approximate surface area is 125 Å². The minimum atomic E-state index is -2.86. The van der Waals surface area contributed by atoms with E-state index in [9.17, 15) is 8.42 Å². The van der Waals surface area contributed by atoms with Crippen molar-refractivity contribution < 1.29 is 8.42 Å². The van der Waals surface area contributed by atoms with Gasteiger partial charge in [0, 0.05) is 21.8 Å². The van der Waals surface area contributed by atoms with Crippen molar-refractivity contribution in [1.82, 2.24) is 4.90 Å². The molecule has 0 bridgehead atoms. The second-order valence-electron chi connectivity index (χ2n) is 5.69. The van der Waals surface area contributed by atoms with Gasteiger partial charge in [0.25, 0.3) is 0 Å². The van der Waals surface area contributed by atoms with Crippen molar-refractivity contribution in [2.75, 3.05) is 18.6 Å². The van der Waals surface area contributed by atoms with Crippen LogP contribution in [-0.2, 0) is 9.84 Å². The SMILES string of the molecule is CCC(N)C(c1ccc(C)s1)N(C)C1CCS(=O)(=O)C1. The molecule has 2 N–H and O–H groups in total. The van der Waals surface area contributed by atoms with Gasteiger partial charge in [0.05, 0.1) is 17.5 Å². The van der Waals surface area contributed by atoms with E-state index in [1.807, 2.05) is 7.05 Å². The first-order valence-electron chi connectivity index (χ1n) is 7.08. The van der Waals surface area contributed by atoms with E-state index in [1.165, 1.54) is 9.75 Å². The lowest BCUT2D eigenvalue weighted by molar-refractivity contribution is 0.164. The van der Waals surface area contributed by atoms with E-state index in [0.717, 1.165) is 12.8 Å². The Kier molecular flexibility index (Phi) is 4.89. The van der Waals surface area contributed by atoms with Crippen LogP contribution < -0.4 is 5.73 Å².